The Hall–Kier alpha value is -0.580. The highest BCUT2D eigenvalue weighted by atomic mass is 79.9. The van der Waals surface area contributed by atoms with E-state index < -0.39 is 5.79 Å². The Kier molecular flexibility index (Phi) is 5.92. The number of hydrogen-bond donors (Lipinski definition) is 0. The molecule has 0 N–H and O–H groups in total. The van der Waals surface area contributed by atoms with Crippen molar-refractivity contribution in [2.45, 2.75) is 39.4 Å². The second kappa shape index (κ2) is 7.33. The average Bonchev–Trinajstić information content (AvgIpc) is 2.57. The van der Waals surface area contributed by atoms with Gasteiger partial charge in [0.15, 0.2) is 5.79 Å². The molecule has 124 valence electrons. The molecule has 1 aromatic rings. The predicted molar refractivity (Wildman–Crippen MR) is 92.5 cm³/mol. The summed E-state index contributed by atoms with van der Waals surface area (Å²) in [6.07, 6.45) is 1.92. The predicted octanol–water partition coefficient (Wildman–Crippen LogP) is 4.73. The summed E-state index contributed by atoms with van der Waals surface area (Å²) in [6.45, 7) is 8.20. The normalized spacial score (nSPS) is 30.0. The minimum absolute atomic E-state index is 0.0804. The fourth-order valence-corrected chi connectivity index (χ4v) is 3.37. The van der Waals surface area contributed by atoms with Crippen LogP contribution in [0.3, 0.4) is 0 Å². The third kappa shape index (κ3) is 3.50. The van der Waals surface area contributed by atoms with Gasteiger partial charge in [-0.05, 0) is 30.2 Å². The number of halogens is 1. The molecule has 1 aliphatic heterocycles. The molecule has 3 nitrogen and oxygen atoms in total. The minimum Gasteiger partial charge on any atom is -0.497 e. The van der Waals surface area contributed by atoms with Gasteiger partial charge in [-0.15, -0.1) is 0 Å². The van der Waals surface area contributed by atoms with Crippen molar-refractivity contribution in [1.82, 2.24) is 0 Å². The van der Waals surface area contributed by atoms with Crippen molar-refractivity contribution < 1.29 is 14.2 Å². The molecule has 0 saturated carbocycles. The Bertz CT molecular complexity index is 464. The third-order valence-corrected chi connectivity index (χ3v) is 5.42. The Morgan fingerprint density at radius 3 is 2.27 bits per heavy atom. The number of methoxy groups -OCH3 is 1. The SMILES string of the molecule is CCC(C)C1(C)COC(CCBr)(c2ccc(OC)cc2)OC1. The van der Waals surface area contributed by atoms with Gasteiger partial charge in [0, 0.05) is 22.7 Å². The van der Waals surface area contributed by atoms with Crippen molar-refractivity contribution in [3.63, 3.8) is 0 Å². The molecule has 0 aliphatic carbocycles. The zero-order chi connectivity index (χ0) is 16.2. The van der Waals surface area contributed by atoms with Crippen LogP contribution in [0.5, 0.6) is 5.75 Å². The maximum Gasteiger partial charge on any atom is 0.195 e. The zero-order valence-electron chi connectivity index (χ0n) is 14.0. The van der Waals surface area contributed by atoms with Crippen LogP contribution in [0.1, 0.15) is 39.2 Å². The largest absolute Gasteiger partial charge is 0.497 e. The Morgan fingerprint density at radius 2 is 1.82 bits per heavy atom. The fraction of sp³-hybridized carbons (Fsp3) is 0.667. The van der Waals surface area contributed by atoms with E-state index in [0.717, 1.165) is 42.7 Å². The summed E-state index contributed by atoms with van der Waals surface area (Å²) in [5.41, 5.74) is 1.13. The molecule has 0 aromatic heterocycles. The van der Waals surface area contributed by atoms with Crippen LogP contribution in [0.25, 0.3) is 0 Å². The van der Waals surface area contributed by atoms with E-state index in [1.54, 1.807) is 7.11 Å². The van der Waals surface area contributed by atoms with Crippen LogP contribution in [-0.2, 0) is 15.3 Å². The van der Waals surface area contributed by atoms with E-state index in [9.17, 15) is 0 Å². The molecule has 0 spiro atoms. The molecule has 1 fully saturated rings. The van der Waals surface area contributed by atoms with E-state index in [4.69, 9.17) is 14.2 Å². The highest BCUT2D eigenvalue weighted by molar-refractivity contribution is 9.09. The minimum atomic E-state index is -0.650. The van der Waals surface area contributed by atoms with Crippen molar-refractivity contribution in [2.24, 2.45) is 11.3 Å². The molecule has 1 saturated heterocycles. The van der Waals surface area contributed by atoms with Crippen LogP contribution in [0.4, 0.5) is 0 Å². The molecule has 0 radical (unpaired) electrons. The molecule has 1 atom stereocenters. The molecule has 4 heteroatoms. The standard InChI is InChI=1S/C18H27BrO3/c1-5-14(2)17(3)12-21-18(10-11-19,22-13-17)15-6-8-16(20-4)9-7-15/h6-9,14H,5,10-13H2,1-4H3. The quantitative estimate of drug-likeness (QED) is 0.677. The van der Waals surface area contributed by atoms with Gasteiger partial charge in [0.2, 0.25) is 0 Å². The van der Waals surface area contributed by atoms with Gasteiger partial charge in [-0.2, -0.15) is 0 Å². The number of rotatable bonds is 6. The van der Waals surface area contributed by atoms with Crippen LogP contribution in [0.2, 0.25) is 0 Å². The van der Waals surface area contributed by atoms with Gasteiger partial charge in [-0.1, -0.05) is 43.1 Å². The van der Waals surface area contributed by atoms with Gasteiger partial charge in [0.25, 0.3) is 0 Å². The second-order valence-corrected chi connectivity index (χ2v) is 7.25. The molecule has 1 heterocycles. The smallest absolute Gasteiger partial charge is 0.195 e. The van der Waals surface area contributed by atoms with Gasteiger partial charge in [-0.3, -0.25) is 0 Å². The lowest BCUT2D eigenvalue weighted by atomic mass is 9.77. The van der Waals surface area contributed by atoms with Crippen LogP contribution < -0.4 is 4.74 Å². The van der Waals surface area contributed by atoms with Crippen molar-refractivity contribution in [3.05, 3.63) is 29.8 Å². The Labute approximate surface area is 142 Å². The molecular weight excluding hydrogens is 344 g/mol. The van der Waals surface area contributed by atoms with Crippen LogP contribution in [0, 0.1) is 11.3 Å². The molecule has 1 unspecified atom stereocenters. The Morgan fingerprint density at radius 1 is 1.23 bits per heavy atom. The van der Waals surface area contributed by atoms with Gasteiger partial charge >= 0.3 is 0 Å². The van der Waals surface area contributed by atoms with Crippen LogP contribution in [-0.4, -0.2) is 25.7 Å². The van der Waals surface area contributed by atoms with Crippen molar-refractivity contribution in [2.75, 3.05) is 25.7 Å². The summed E-state index contributed by atoms with van der Waals surface area (Å²) in [7, 11) is 1.68. The van der Waals surface area contributed by atoms with Crippen LogP contribution >= 0.6 is 15.9 Å². The molecule has 1 aliphatic rings. The number of ether oxygens (including phenoxy) is 3. The summed E-state index contributed by atoms with van der Waals surface area (Å²) in [6, 6.07) is 7.99. The maximum absolute atomic E-state index is 6.31. The van der Waals surface area contributed by atoms with E-state index in [2.05, 4.69) is 36.7 Å². The number of hydrogen-bond acceptors (Lipinski definition) is 3. The van der Waals surface area contributed by atoms with E-state index >= 15 is 0 Å². The lowest BCUT2D eigenvalue weighted by Gasteiger charge is -2.47. The van der Waals surface area contributed by atoms with Crippen molar-refractivity contribution in [3.8, 4) is 5.75 Å². The average molecular weight is 371 g/mol. The first-order valence-electron chi connectivity index (χ1n) is 7.98. The molecule has 0 amide bonds. The van der Waals surface area contributed by atoms with Gasteiger partial charge in [-0.25, -0.2) is 0 Å². The van der Waals surface area contributed by atoms with Crippen molar-refractivity contribution >= 4 is 15.9 Å². The van der Waals surface area contributed by atoms with E-state index in [-0.39, 0.29) is 5.41 Å². The van der Waals surface area contributed by atoms with Crippen molar-refractivity contribution in [1.29, 1.82) is 0 Å². The topological polar surface area (TPSA) is 27.7 Å². The third-order valence-electron chi connectivity index (χ3n) is 5.03. The summed E-state index contributed by atoms with van der Waals surface area (Å²) in [4.78, 5) is 0. The summed E-state index contributed by atoms with van der Waals surface area (Å²) >= 11 is 3.53. The molecule has 1 aromatic carbocycles. The summed E-state index contributed by atoms with van der Waals surface area (Å²) in [5, 5.41) is 0.832. The molecule has 0 bridgehead atoms. The fourth-order valence-electron chi connectivity index (χ4n) is 2.85. The first kappa shape index (κ1) is 17.8. The first-order chi connectivity index (χ1) is 10.5. The number of benzene rings is 1. The summed E-state index contributed by atoms with van der Waals surface area (Å²) in [5.74, 6) is 0.770. The van der Waals surface area contributed by atoms with E-state index in [0.29, 0.717) is 5.92 Å². The second-order valence-electron chi connectivity index (χ2n) is 6.46. The zero-order valence-corrected chi connectivity index (χ0v) is 15.6. The monoisotopic (exact) mass is 370 g/mol. The van der Waals surface area contributed by atoms with Crippen LogP contribution in [0.15, 0.2) is 24.3 Å². The lowest BCUT2D eigenvalue weighted by molar-refractivity contribution is -0.318. The van der Waals surface area contributed by atoms with E-state index in [1.807, 2.05) is 24.3 Å². The Balaban J connectivity index is 2.20. The number of alkyl halides is 1. The van der Waals surface area contributed by atoms with Gasteiger partial charge < -0.3 is 14.2 Å². The highest BCUT2D eigenvalue weighted by Gasteiger charge is 2.45. The highest BCUT2D eigenvalue weighted by Crippen LogP contribution is 2.43. The maximum atomic E-state index is 6.31. The molecule has 2 rings (SSSR count). The lowest BCUT2D eigenvalue weighted by Crippen LogP contribution is -2.49. The molecular formula is C18H27BrO3. The van der Waals surface area contributed by atoms with Gasteiger partial charge in [0.05, 0.1) is 20.3 Å². The molecule has 22 heavy (non-hydrogen) atoms. The van der Waals surface area contributed by atoms with Gasteiger partial charge in [0.1, 0.15) is 5.75 Å². The first-order valence-corrected chi connectivity index (χ1v) is 9.10. The summed E-state index contributed by atoms with van der Waals surface area (Å²) < 4.78 is 17.9. The van der Waals surface area contributed by atoms with E-state index in [1.165, 1.54) is 0 Å².